The third-order valence-corrected chi connectivity index (χ3v) is 1.57. The maximum atomic E-state index is 10.2. The molecular formula is C7H10N2O3. The van der Waals surface area contributed by atoms with E-state index in [2.05, 4.69) is 10.5 Å². The van der Waals surface area contributed by atoms with Crippen LogP contribution in [0.15, 0.2) is 4.52 Å². The Morgan fingerprint density at radius 1 is 1.75 bits per heavy atom. The van der Waals surface area contributed by atoms with Gasteiger partial charge in [0.05, 0.1) is 0 Å². The fourth-order valence-electron chi connectivity index (χ4n) is 0.917. The standard InChI is InChI=1S/C7H10N2O3/c1-3-5-4(2)6(9-12-5)8-7(10)11/h3H2,1-2H3,(H,8,9)(H,10,11). The minimum atomic E-state index is -1.13. The molecule has 2 N–H and O–H groups in total. The van der Waals surface area contributed by atoms with E-state index in [1.165, 1.54) is 0 Å². The van der Waals surface area contributed by atoms with Gasteiger partial charge in [-0.2, -0.15) is 0 Å². The molecule has 5 nitrogen and oxygen atoms in total. The largest absolute Gasteiger partial charge is 0.465 e. The summed E-state index contributed by atoms with van der Waals surface area (Å²) in [7, 11) is 0. The van der Waals surface area contributed by atoms with E-state index in [0.717, 1.165) is 5.56 Å². The highest BCUT2D eigenvalue weighted by Crippen LogP contribution is 2.17. The first-order chi connectivity index (χ1) is 5.65. The molecule has 66 valence electrons. The first-order valence-electron chi connectivity index (χ1n) is 3.60. The summed E-state index contributed by atoms with van der Waals surface area (Å²) in [5.41, 5.74) is 0.750. The molecule has 1 amide bonds. The molecule has 0 saturated carbocycles. The summed E-state index contributed by atoms with van der Waals surface area (Å²) >= 11 is 0. The molecule has 0 radical (unpaired) electrons. The van der Waals surface area contributed by atoms with Gasteiger partial charge in [0.1, 0.15) is 5.76 Å². The molecule has 0 aromatic carbocycles. The van der Waals surface area contributed by atoms with Crippen LogP contribution in [-0.4, -0.2) is 16.4 Å². The van der Waals surface area contributed by atoms with Crippen molar-refractivity contribution in [1.82, 2.24) is 5.16 Å². The number of carboxylic acid groups (broad SMARTS) is 1. The fraction of sp³-hybridized carbons (Fsp3) is 0.429. The van der Waals surface area contributed by atoms with E-state index in [1.807, 2.05) is 6.92 Å². The molecule has 0 aliphatic heterocycles. The summed E-state index contributed by atoms with van der Waals surface area (Å²) in [6, 6.07) is 0. The van der Waals surface area contributed by atoms with Crippen molar-refractivity contribution in [3.63, 3.8) is 0 Å². The Kier molecular flexibility index (Phi) is 2.32. The summed E-state index contributed by atoms with van der Waals surface area (Å²) in [5.74, 6) is 0.984. The number of nitrogens with zero attached hydrogens (tertiary/aromatic N) is 1. The van der Waals surface area contributed by atoms with Crippen molar-refractivity contribution in [1.29, 1.82) is 0 Å². The minimum absolute atomic E-state index is 0.277. The van der Waals surface area contributed by atoms with Crippen molar-refractivity contribution in [2.24, 2.45) is 0 Å². The first kappa shape index (κ1) is 8.58. The fourth-order valence-corrected chi connectivity index (χ4v) is 0.917. The molecule has 0 unspecified atom stereocenters. The average molecular weight is 170 g/mol. The van der Waals surface area contributed by atoms with Crippen LogP contribution in [0.3, 0.4) is 0 Å². The molecule has 0 saturated heterocycles. The summed E-state index contributed by atoms with van der Waals surface area (Å²) in [6.07, 6.45) is -0.422. The molecule has 1 aromatic heterocycles. The van der Waals surface area contributed by atoms with E-state index in [9.17, 15) is 4.79 Å². The molecule has 5 heteroatoms. The van der Waals surface area contributed by atoms with Gasteiger partial charge in [-0.05, 0) is 6.92 Å². The second-order valence-corrected chi connectivity index (χ2v) is 2.36. The van der Waals surface area contributed by atoms with Gasteiger partial charge in [0.15, 0.2) is 5.82 Å². The van der Waals surface area contributed by atoms with E-state index in [1.54, 1.807) is 6.92 Å². The molecule has 12 heavy (non-hydrogen) atoms. The molecule has 0 spiro atoms. The van der Waals surface area contributed by atoms with Gasteiger partial charge in [0.25, 0.3) is 0 Å². The molecule has 0 bridgehead atoms. The lowest BCUT2D eigenvalue weighted by molar-refractivity contribution is 0.209. The lowest BCUT2D eigenvalue weighted by Crippen LogP contribution is -2.08. The third kappa shape index (κ3) is 1.55. The monoisotopic (exact) mass is 170 g/mol. The predicted octanol–water partition coefficient (Wildman–Crippen LogP) is 1.64. The number of aryl methyl sites for hydroxylation is 1. The Morgan fingerprint density at radius 3 is 2.83 bits per heavy atom. The van der Waals surface area contributed by atoms with E-state index in [0.29, 0.717) is 12.2 Å². The topological polar surface area (TPSA) is 75.4 Å². The van der Waals surface area contributed by atoms with Crippen LogP contribution in [0, 0.1) is 6.92 Å². The van der Waals surface area contributed by atoms with Gasteiger partial charge in [-0.15, -0.1) is 0 Å². The number of anilines is 1. The highest BCUT2D eigenvalue weighted by molar-refractivity contribution is 5.82. The number of nitrogens with one attached hydrogen (secondary N) is 1. The third-order valence-electron chi connectivity index (χ3n) is 1.57. The number of hydrogen-bond donors (Lipinski definition) is 2. The van der Waals surface area contributed by atoms with Crippen LogP contribution in [0.5, 0.6) is 0 Å². The van der Waals surface area contributed by atoms with E-state index >= 15 is 0 Å². The minimum Gasteiger partial charge on any atom is -0.465 e. The molecule has 1 heterocycles. The number of carbonyl (C=O) groups is 1. The molecule has 1 aromatic rings. The Labute approximate surface area is 69.4 Å². The van der Waals surface area contributed by atoms with Crippen LogP contribution < -0.4 is 5.32 Å². The molecular weight excluding hydrogens is 160 g/mol. The average Bonchev–Trinajstić information content (AvgIpc) is 2.32. The van der Waals surface area contributed by atoms with Crippen LogP contribution in [0.25, 0.3) is 0 Å². The van der Waals surface area contributed by atoms with Crippen LogP contribution in [-0.2, 0) is 6.42 Å². The second-order valence-electron chi connectivity index (χ2n) is 2.36. The van der Waals surface area contributed by atoms with Gasteiger partial charge >= 0.3 is 6.09 Å². The summed E-state index contributed by atoms with van der Waals surface area (Å²) in [6.45, 7) is 3.68. The highest BCUT2D eigenvalue weighted by Gasteiger charge is 2.11. The Hall–Kier alpha value is -1.52. The zero-order valence-corrected chi connectivity index (χ0v) is 6.92. The van der Waals surface area contributed by atoms with Gasteiger partial charge in [-0.3, -0.25) is 5.32 Å². The molecule has 0 aliphatic carbocycles. The SMILES string of the molecule is CCc1onc(NC(=O)O)c1C. The maximum Gasteiger partial charge on any atom is 0.410 e. The van der Waals surface area contributed by atoms with E-state index < -0.39 is 6.09 Å². The normalized spacial score (nSPS) is 9.83. The Bertz CT molecular complexity index is 293. The second kappa shape index (κ2) is 3.25. The van der Waals surface area contributed by atoms with E-state index in [4.69, 9.17) is 9.63 Å². The van der Waals surface area contributed by atoms with Gasteiger partial charge in [0.2, 0.25) is 0 Å². The van der Waals surface area contributed by atoms with Gasteiger partial charge < -0.3 is 9.63 Å². The van der Waals surface area contributed by atoms with Crippen LogP contribution in [0.1, 0.15) is 18.2 Å². The zero-order chi connectivity index (χ0) is 9.14. The van der Waals surface area contributed by atoms with Crippen molar-refractivity contribution in [3.8, 4) is 0 Å². The van der Waals surface area contributed by atoms with Crippen molar-refractivity contribution in [2.45, 2.75) is 20.3 Å². The number of amides is 1. The van der Waals surface area contributed by atoms with Gasteiger partial charge in [0, 0.05) is 12.0 Å². The Balaban J connectivity index is 2.87. The quantitative estimate of drug-likeness (QED) is 0.707. The van der Waals surface area contributed by atoms with Crippen LogP contribution >= 0.6 is 0 Å². The van der Waals surface area contributed by atoms with E-state index in [-0.39, 0.29) is 5.82 Å². The van der Waals surface area contributed by atoms with Crippen LogP contribution in [0.4, 0.5) is 10.6 Å². The molecule has 1 rings (SSSR count). The highest BCUT2D eigenvalue weighted by atomic mass is 16.5. The van der Waals surface area contributed by atoms with Crippen molar-refractivity contribution in [3.05, 3.63) is 11.3 Å². The van der Waals surface area contributed by atoms with Crippen LogP contribution in [0.2, 0.25) is 0 Å². The van der Waals surface area contributed by atoms with Crippen molar-refractivity contribution in [2.75, 3.05) is 5.32 Å². The predicted molar refractivity (Wildman–Crippen MR) is 42.3 cm³/mol. The number of rotatable bonds is 2. The first-order valence-corrected chi connectivity index (χ1v) is 3.60. The van der Waals surface area contributed by atoms with Crippen molar-refractivity contribution < 1.29 is 14.4 Å². The molecule has 0 fully saturated rings. The molecule has 0 atom stereocenters. The number of hydrogen-bond acceptors (Lipinski definition) is 3. The summed E-state index contributed by atoms with van der Waals surface area (Å²) in [5, 5.41) is 14.1. The van der Waals surface area contributed by atoms with Gasteiger partial charge in [-0.1, -0.05) is 12.1 Å². The lowest BCUT2D eigenvalue weighted by Gasteiger charge is -1.94. The maximum absolute atomic E-state index is 10.2. The lowest BCUT2D eigenvalue weighted by atomic mass is 10.2. The number of aromatic nitrogens is 1. The smallest absolute Gasteiger partial charge is 0.410 e. The Morgan fingerprint density at radius 2 is 2.42 bits per heavy atom. The summed E-state index contributed by atoms with van der Waals surface area (Å²) in [4.78, 5) is 10.2. The van der Waals surface area contributed by atoms with Crippen molar-refractivity contribution >= 4 is 11.9 Å². The summed E-state index contributed by atoms with van der Waals surface area (Å²) < 4.78 is 4.87. The van der Waals surface area contributed by atoms with Gasteiger partial charge in [-0.25, -0.2) is 4.79 Å². The zero-order valence-electron chi connectivity index (χ0n) is 6.92. The molecule has 0 aliphatic rings.